The first kappa shape index (κ1) is 22.9. The van der Waals surface area contributed by atoms with Crippen molar-refractivity contribution in [2.75, 3.05) is 10.9 Å². The Morgan fingerprint density at radius 1 is 0.500 bits per heavy atom. The van der Waals surface area contributed by atoms with Crippen LogP contribution in [0.15, 0.2) is 107 Å². The van der Waals surface area contributed by atoms with Gasteiger partial charge in [0.25, 0.3) is 0 Å². The first-order valence-corrected chi connectivity index (χ1v) is 10.8. The second kappa shape index (κ2) is 10.5. The number of hydrazone groups is 2. The van der Waals surface area contributed by atoms with Gasteiger partial charge in [-0.1, -0.05) is 48.5 Å². The van der Waals surface area contributed by atoms with Crippen molar-refractivity contribution in [3.8, 4) is 11.1 Å². The minimum Gasteiger partial charge on any atom is -0.278 e. The first-order valence-electron chi connectivity index (χ1n) is 10.8. The maximum absolute atomic E-state index is 13.0. The molecule has 0 radical (unpaired) electrons. The Morgan fingerprint density at radius 3 is 1.15 bits per heavy atom. The molecule has 4 aromatic rings. The standard InChI is InChI=1S/C28H24F2N4/c1-19(31-33-27-15-11-25(29)12-16-27)21-3-7-23(8-4-21)24-9-5-22(6-10-24)20(2)32-34-28-17-13-26(30)14-18-28/h3-18,33-34H,1-2H3/b31-19+,32-20+. The number of halogens is 2. The van der Waals surface area contributed by atoms with E-state index in [1.54, 1.807) is 24.3 Å². The van der Waals surface area contributed by atoms with Crippen molar-refractivity contribution in [2.24, 2.45) is 10.2 Å². The summed E-state index contributed by atoms with van der Waals surface area (Å²) >= 11 is 0. The van der Waals surface area contributed by atoms with Crippen molar-refractivity contribution in [1.82, 2.24) is 0 Å². The number of nitrogens with zero attached hydrogens (tertiary/aromatic N) is 2. The van der Waals surface area contributed by atoms with Gasteiger partial charge < -0.3 is 0 Å². The Labute approximate surface area is 197 Å². The highest BCUT2D eigenvalue weighted by molar-refractivity contribution is 6.00. The zero-order valence-corrected chi connectivity index (χ0v) is 18.9. The van der Waals surface area contributed by atoms with E-state index in [-0.39, 0.29) is 11.6 Å². The minimum atomic E-state index is -0.279. The monoisotopic (exact) mass is 454 g/mol. The van der Waals surface area contributed by atoms with Crippen molar-refractivity contribution >= 4 is 22.8 Å². The van der Waals surface area contributed by atoms with Crippen LogP contribution >= 0.6 is 0 Å². The minimum absolute atomic E-state index is 0.279. The van der Waals surface area contributed by atoms with Crippen LogP contribution in [-0.4, -0.2) is 11.4 Å². The molecule has 4 aromatic carbocycles. The molecular weight excluding hydrogens is 430 g/mol. The summed E-state index contributed by atoms with van der Waals surface area (Å²) in [5.74, 6) is -0.557. The lowest BCUT2D eigenvalue weighted by Gasteiger charge is -2.07. The summed E-state index contributed by atoms with van der Waals surface area (Å²) in [6.45, 7) is 3.84. The van der Waals surface area contributed by atoms with Crippen molar-refractivity contribution in [2.45, 2.75) is 13.8 Å². The molecule has 2 N–H and O–H groups in total. The lowest BCUT2D eigenvalue weighted by Crippen LogP contribution is -2.00. The molecule has 0 unspecified atom stereocenters. The molecule has 4 nitrogen and oxygen atoms in total. The molecular formula is C28H24F2N4. The molecule has 0 atom stereocenters. The number of rotatable bonds is 7. The number of benzene rings is 4. The molecule has 0 aliphatic carbocycles. The van der Waals surface area contributed by atoms with Crippen LogP contribution in [-0.2, 0) is 0 Å². The van der Waals surface area contributed by atoms with Gasteiger partial charge >= 0.3 is 0 Å². The third kappa shape index (κ3) is 5.92. The molecule has 6 heteroatoms. The molecule has 0 aliphatic heterocycles. The smallest absolute Gasteiger partial charge is 0.123 e. The molecule has 4 rings (SSSR count). The molecule has 0 saturated carbocycles. The summed E-state index contributed by atoms with van der Waals surface area (Å²) in [6, 6.07) is 28.4. The molecule has 0 aromatic heterocycles. The largest absolute Gasteiger partial charge is 0.278 e. The molecule has 0 bridgehead atoms. The highest BCUT2D eigenvalue weighted by atomic mass is 19.1. The van der Waals surface area contributed by atoms with Crippen LogP contribution in [0.4, 0.5) is 20.2 Å². The highest BCUT2D eigenvalue weighted by Gasteiger charge is 2.03. The molecule has 0 heterocycles. The number of hydrogen-bond donors (Lipinski definition) is 2. The van der Waals surface area contributed by atoms with E-state index < -0.39 is 0 Å². The fourth-order valence-electron chi connectivity index (χ4n) is 3.28. The zero-order valence-electron chi connectivity index (χ0n) is 18.9. The summed E-state index contributed by atoms with van der Waals surface area (Å²) in [6.07, 6.45) is 0. The lowest BCUT2D eigenvalue weighted by molar-refractivity contribution is 0.627. The van der Waals surface area contributed by atoms with Gasteiger partial charge in [-0.25, -0.2) is 8.78 Å². The van der Waals surface area contributed by atoms with Gasteiger partial charge in [0.2, 0.25) is 0 Å². The summed E-state index contributed by atoms with van der Waals surface area (Å²) in [5, 5.41) is 8.76. The summed E-state index contributed by atoms with van der Waals surface area (Å²) < 4.78 is 26.0. The second-order valence-corrected chi connectivity index (χ2v) is 7.79. The SMILES string of the molecule is C/C(=N\Nc1ccc(F)cc1)c1ccc(-c2ccc(/C(C)=N/Nc3ccc(F)cc3)cc2)cc1. The van der Waals surface area contributed by atoms with E-state index in [1.807, 2.05) is 38.1 Å². The summed E-state index contributed by atoms with van der Waals surface area (Å²) in [7, 11) is 0. The number of hydrogen-bond acceptors (Lipinski definition) is 4. The van der Waals surface area contributed by atoms with E-state index in [4.69, 9.17) is 0 Å². The normalized spacial score (nSPS) is 11.9. The average Bonchev–Trinajstić information content (AvgIpc) is 2.88. The Bertz CT molecular complexity index is 1190. The van der Waals surface area contributed by atoms with Crippen molar-refractivity contribution in [3.63, 3.8) is 0 Å². The van der Waals surface area contributed by atoms with Crippen molar-refractivity contribution < 1.29 is 8.78 Å². The predicted octanol–water partition coefficient (Wildman–Crippen LogP) is 7.30. The van der Waals surface area contributed by atoms with Crippen LogP contribution in [0.3, 0.4) is 0 Å². The van der Waals surface area contributed by atoms with Gasteiger partial charge in [-0.2, -0.15) is 10.2 Å². The van der Waals surface area contributed by atoms with Crippen LogP contribution in [0.25, 0.3) is 11.1 Å². The second-order valence-electron chi connectivity index (χ2n) is 7.79. The van der Waals surface area contributed by atoms with Crippen LogP contribution in [0.1, 0.15) is 25.0 Å². The van der Waals surface area contributed by atoms with Gasteiger partial charge in [-0.15, -0.1) is 0 Å². The van der Waals surface area contributed by atoms with Gasteiger partial charge in [-0.05, 0) is 84.6 Å². The van der Waals surface area contributed by atoms with E-state index in [0.717, 1.165) is 45.1 Å². The van der Waals surface area contributed by atoms with Gasteiger partial charge in [0.05, 0.1) is 22.8 Å². The number of anilines is 2. The topological polar surface area (TPSA) is 48.8 Å². The van der Waals surface area contributed by atoms with E-state index in [2.05, 4.69) is 45.3 Å². The first-order chi connectivity index (χ1) is 16.5. The summed E-state index contributed by atoms with van der Waals surface area (Å²) in [5.41, 5.74) is 13.2. The molecule has 34 heavy (non-hydrogen) atoms. The van der Waals surface area contributed by atoms with Crippen LogP contribution < -0.4 is 10.9 Å². The van der Waals surface area contributed by atoms with Crippen molar-refractivity contribution in [1.29, 1.82) is 0 Å². The van der Waals surface area contributed by atoms with Crippen molar-refractivity contribution in [3.05, 3.63) is 120 Å². The fourth-order valence-corrected chi connectivity index (χ4v) is 3.28. The van der Waals surface area contributed by atoms with Crippen LogP contribution in [0.2, 0.25) is 0 Å². The summed E-state index contributed by atoms with van der Waals surface area (Å²) in [4.78, 5) is 0. The molecule has 0 spiro atoms. The van der Waals surface area contributed by atoms with E-state index >= 15 is 0 Å². The highest BCUT2D eigenvalue weighted by Crippen LogP contribution is 2.21. The van der Waals surface area contributed by atoms with E-state index in [0.29, 0.717) is 0 Å². The number of nitrogens with one attached hydrogen (secondary N) is 2. The Kier molecular flexibility index (Phi) is 7.08. The van der Waals surface area contributed by atoms with E-state index in [1.165, 1.54) is 24.3 Å². The average molecular weight is 455 g/mol. The van der Waals surface area contributed by atoms with Crippen LogP contribution in [0.5, 0.6) is 0 Å². The van der Waals surface area contributed by atoms with Gasteiger partial charge in [0, 0.05) is 0 Å². The third-order valence-electron chi connectivity index (χ3n) is 5.33. The fraction of sp³-hybridized carbons (Fsp3) is 0.0714. The van der Waals surface area contributed by atoms with Gasteiger partial charge in [0.15, 0.2) is 0 Å². The Morgan fingerprint density at radius 2 is 0.824 bits per heavy atom. The molecule has 0 aliphatic rings. The maximum atomic E-state index is 13.0. The third-order valence-corrected chi connectivity index (χ3v) is 5.33. The van der Waals surface area contributed by atoms with Gasteiger partial charge in [-0.3, -0.25) is 10.9 Å². The van der Waals surface area contributed by atoms with E-state index in [9.17, 15) is 8.78 Å². The lowest BCUT2D eigenvalue weighted by atomic mass is 10.0. The van der Waals surface area contributed by atoms with Crippen LogP contribution in [0, 0.1) is 11.6 Å². The molecule has 0 amide bonds. The predicted molar refractivity (Wildman–Crippen MR) is 136 cm³/mol. The Balaban J connectivity index is 1.40. The van der Waals surface area contributed by atoms with Gasteiger partial charge in [0.1, 0.15) is 11.6 Å². The maximum Gasteiger partial charge on any atom is 0.123 e. The molecule has 170 valence electrons. The quantitative estimate of drug-likeness (QED) is 0.227. The Hall–Kier alpha value is -4.32. The molecule has 0 saturated heterocycles. The molecule has 0 fully saturated rings. The zero-order chi connectivity index (χ0) is 23.9.